The lowest BCUT2D eigenvalue weighted by Crippen LogP contribution is -2.00. The van der Waals surface area contributed by atoms with Crippen molar-refractivity contribution in [2.75, 3.05) is 12.0 Å². The zero-order valence-electron chi connectivity index (χ0n) is 11.2. The predicted octanol–water partition coefficient (Wildman–Crippen LogP) is 2.84. The van der Waals surface area contributed by atoms with E-state index >= 15 is 0 Å². The van der Waals surface area contributed by atoms with E-state index in [4.69, 9.17) is 10.5 Å². The van der Waals surface area contributed by atoms with E-state index in [1.165, 1.54) is 11.8 Å². The molecule has 2 rings (SSSR count). The van der Waals surface area contributed by atoms with Crippen molar-refractivity contribution in [1.82, 2.24) is 15.0 Å². The van der Waals surface area contributed by atoms with E-state index in [9.17, 15) is 0 Å². The first-order valence-electron chi connectivity index (χ1n) is 5.95. The number of aryl methyl sites for hydroxylation is 2. The molecule has 0 unspecified atom stereocenters. The third-order valence-electron chi connectivity index (χ3n) is 2.51. The fraction of sp³-hybridized carbons (Fsp3) is 0.308. The van der Waals surface area contributed by atoms with Crippen LogP contribution in [0.4, 0.5) is 5.82 Å². The molecule has 0 saturated heterocycles. The molecule has 2 aromatic heterocycles. The van der Waals surface area contributed by atoms with Crippen molar-refractivity contribution in [1.29, 1.82) is 0 Å². The van der Waals surface area contributed by atoms with E-state index in [1.54, 1.807) is 6.07 Å². The Morgan fingerprint density at radius 1 is 1.26 bits per heavy atom. The van der Waals surface area contributed by atoms with Crippen LogP contribution in [0.5, 0.6) is 11.6 Å². The van der Waals surface area contributed by atoms with Gasteiger partial charge in [0.05, 0.1) is 5.69 Å². The number of nitrogen functional groups attached to an aromatic ring is 1. The van der Waals surface area contributed by atoms with Gasteiger partial charge in [0.1, 0.15) is 5.82 Å². The van der Waals surface area contributed by atoms with Gasteiger partial charge in [-0.2, -0.15) is 4.98 Å². The van der Waals surface area contributed by atoms with Crippen LogP contribution in [0.2, 0.25) is 0 Å². The van der Waals surface area contributed by atoms with Crippen molar-refractivity contribution in [3.05, 3.63) is 29.6 Å². The lowest BCUT2D eigenvalue weighted by molar-refractivity contribution is 0.447. The lowest BCUT2D eigenvalue weighted by Gasteiger charge is -2.10. The molecule has 0 aromatic carbocycles. The molecule has 0 amide bonds. The van der Waals surface area contributed by atoms with Crippen LogP contribution < -0.4 is 10.5 Å². The summed E-state index contributed by atoms with van der Waals surface area (Å²) in [5.74, 6) is 1.54. The minimum Gasteiger partial charge on any atom is -0.437 e. The number of hydrogen-bond acceptors (Lipinski definition) is 6. The van der Waals surface area contributed by atoms with E-state index in [1.807, 2.05) is 32.2 Å². The summed E-state index contributed by atoms with van der Waals surface area (Å²) in [5.41, 5.74) is 7.60. The van der Waals surface area contributed by atoms with Gasteiger partial charge in [-0.3, -0.25) is 4.98 Å². The van der Waals surface area contributed by atoms with Gasteiger partial charge in [0.2, 0.25) is 5.88 Å². The monoisotopic (exact) mass is 276 g/mol. The van der Waals surface area contributed by atoms with E-state index in [2.05, 4.69) is 15.0 Å². The van der Waals surface area contributed by atoms with Crippen LogP contribution in [0.15, 0.2) is 23.4 Å². The minimum absolute atomic E-state index is 0.396. The van der Waals surface area contributed by atoms with Crippen molar-refractivity contribution in [3.8, 4) is 11.6 Å². The molecule has 0 bridgehead atoms. The van der Waals surface area contributed by atoms with Crippen molar-refractivity contribution in [3.63, 3.8) is 0 Å². The van der Waals surface area contributed by atoms with E-state index < -0.39 is 0 Å². The molecule has 0 radical (unpaired) electrons. The molecule has 2 heterocycles. The quantitative estimate of drug-likeness (QED) is 0.683. The summed E-state index contributed by atoms with van der Waals surface area (Å²) in [6.45, 7) is 3.99. The third kappa shape index (κ3) is 3.35. The van der Waals surface area contributed by atoms with Crippen LogP contribution in [-0.2, 0) is 6.42 Å². The largest absolute Gasteiger partial charge is 0.437 e. The van der Waals surface area contributed by atoms with Gasteiger partial charge in [0.15, 0.2) is 10.9 Å². The maximum atomic E-state index is 5.77. The molecule has 6 heteroatoms. The first-order chi connectivity index (χ1) is 9.12. The van der Waals surface area contributed by atoms with Crippen LogP contribution >= 0.6 is 11.8 Å². The molecule has 2 N–H and O–H groups in total. The van der Waals surface area contributed by atoms with Gasteiger partial charge in [0.25, 0.3) is 0 Å². The number of ether oxygens (including phenoxy) is 1. The van der Waals surface area contributed by atoms with E-state index in [-0.39, 0.29) is 0 Å². The Bertz CT molecular complexity index is 589. The SMILES string of the molecule is CCc1nc(C)ccc1Oc1cc(N)nc(SC)n1. The van der Waals surface area contributed by atoms with Crippen LogP contribution in [0.3, 0.4) is 0 Å². The number of aromatic nitrogens is 3. The minimum atomic E-state index is 0.396. The zero-order chi connectivity index (χ0) is 13.8. The Labute approximate surface area is 116 Å². The molecule has 5 nitrogen and oxygen atoms in total. The van der Waals surface area contributed by atoms with Crippen molar-refractivity contribution in [2.45, 2.75) is 25.4 Å². The van der Waals surface area contributed by atoms with Crippen molar-refractivity contribution in [2.24, 2.45) is 0 Å². The summed E-state index contributed by atoms with van der Waals surface area (Å²) in [6.07, 6.45) is 2.69. The Balaban J connectivity index is 2.33. The highest BCUT2D eigenvalue weighted by Crippen LogP contribution is 2.25. The number of pyridine rings is 1. The summed E-state index contributed by atoms with van der Waals surface area (Å²) in [7, 11) is 0. The predicted molar refractivity (Wildman–Crippen MR) is 76.7 cm³/mol. The van der Waals surface area contributed by atoms with Gasteiger partial charge < -0.3 is 10.5 Å². The van der Waals surface area contributed by atoms with E-state index in [0.717, 1.165) is 17.8 Å². The average Bonchev–Trinajstić information content (AvgIpc) is 2.40. The second-order valence-electron chi connectivity index (χ2n) is 3.97. The molecule has 0 saturated carbocycles. The molecule has 19 heavy (non-hydrogen) atoms. The van der Waals surface area contributed by atoms with Crippen molar-refractivity contribution >= 4 is 17.6 Å². The first-order valence-corrected chi connectivity index (χ1v) is 7.17. The second-order valence-corrected chi connectivity index (χ2v) is 4.74. The highest BCUT2D eigenvalue weighted by atomic mass is 32.2. The Hall–Kier alpha value is -1.82. The fourth-order valence-corrected chi connectivity index (χ4v) is 2.00. The fourth-order valence-electron chi connectivity index (χ4n) is 1.62. The highest BCUT2D eigenvalue weighted by Gasteiger charge is 2.08. The molecule has 100 valence electrons. The number of anilines is 1. The third-order valence-corrected chi connectivity index (χ3v) is 3.05. The molecule has 0 aliphatic rings. The molecule has 0 spiro atoms. The van der Waals surface area contributed by atoms with Gasteiger partial charge in [0, 0.05) is 11.8 Å². The van der Waals surface area contributed by atoms with Crippen molar-refractivity contribution < 1.29 is 4.74 Å². The van der Waals surface area contributed by atoms with Crippen LogP contribution in [0.1, 0.15) is 18.3 Å². The standard InChI is InChI=1S/C13H16N4OS/c1-4-9-10(6-5-8(2)15-9)18-12-7-11(14)16-13(17-12)19-3/h5-7H,4H2,1-3H3,(H2,14,16,17). The molecular formula is C13H16N4OS. The number of nitrogens with two attached hydrogens (primary N) is 1. The smallest absolute Gasteiger partial charge is 0.225 e. The Morgan fingerprint density at radius 3 is 2.74 bits per heavy atom. The van der Waals surface area contributed by atoms with Crippen LogP contribution in [0, 0.1) is 6.92 Å². The lowest BCUT2D eigenvalue weighted by atomic mass is 10.2. The molecule has 0 atom stereocenters. The molecule has 2 aromatic rings. The average molecular weight is 276 g/mol. The Kier molecular flexibility index (Phi) is 4.21. The van der Waals surface area contributed by atoms with Gasteiger partial charge in [-0.15, -0.1) is 0 Å². The molecule has 0 aliphatic heterocycles. The van der Waals surface area contributed by atoms with Gasteiger partial charge >= 0.3 is 0 Å². The molecule has 0 fully saturated rings. The van der Waals surface area contributed by atoms with E-state index in [0.29, 0.717) is 22.6 Å². The number of thioether (sulfide) groups is 1. The number of hydrogen-bond donors (Lipinski definition) is 1. The zero-order valence-corrected chi connectivity index (χ0v) is 12.0. The summed E-state index contributed by atoms with van der Waals surface area (Å²) < 4.78 is 5.77. The summed E-state index contributed by atoms with van der Waals surface area (Å²) in [6, 6.07) is 5.42. The molecular weight excluding hydrogens is 260 g/mol. The highest BCUT2D eigenvalue weighted by molar-refractivity contribution is 7.98. The maximum absolute atomic E-state index is 5.77. The second kappa shape index (κ2) is 5.88. The summed E-state index contributed by atoms with van der Waals surface area (Å²) in [5, 5.41) is 0.591. The Morgan fingerprint density at radius 2 is 2.05 bits per heavy atom. The van der Waals surface area contributed by atoms with Gasteiger partial charge in [-0.1, -0.05) is 18.7 Å². The van der Waals surface area contributed by atoms with Gasteiger partial charge in [-0.05, 0) is 31.7 Å². The summed E-state index contributed by atoms with van der Waals surface area (Å²) >= 11 is 1.42. The maximum Gasteiger partial charge on any atom is 0.225 e. The summed E-state index contributed by atoms with van der Waals surface area (Å²) in [4.78, 5) is 12.8. The topological polar surface area (TPSA) is 73.9 Å². The number of nitrogens with zero attached hydrogens (tertiary/aromatic N) is 3. The normalized spacial score (nSPS) is 10.5. The first kappa shape index (κ1) is 13.6. The van der Waals surface area contributed by atoms with Crippen LogP contribution in [0.25, 0.3) is 0 Å². The van der Waals surface area contributed by atoms with Gasteiger partial charge in [-0.25, -0.2) is 4.98 Å². The number of rotatable bonds is 4. The molecule has 0 aliphatic carbocycles. The van der Waals surface area contributed by atoms with Crippen LogP contribution in [-0.4, -0.2) is 21.2 Å².